The van der Waals surface area contributed by atoms with Crippen molar-refractivity contribution < 1.29 is 14.3 Å². The van der Waals surface area contributed by atoms with E-state index < -0.39 is 5.41 Å². The monoisotopic (exact) mass is 289 g/mol. The molecule has 112 valence electrons. The van der Waals surface area contributed by atoms with E-state index in [1.807, 2.05) is 6.92 Å². The molecule has 3 rings (SSSR count). The van der Waals surface area contributed by atoms with Gasteiger partial charge < -0.3 is 21.1 Å². The van der Waals surface area contributed by atoms with Gasteiger partial charge in [-0.3, -0.25) is 9.59 Å². The average Bonchev–Trinajstić information content (AvgIpc) is 2.79. The fourth-order valence-corrected chi connectivity index (χ4v) is 2.91. The summed E-state index contributed by atoms with van der Waals surface area (Å²) in [5, 5.41) is 5.62. The molecule has 1 aromatic rings. The first-order valence-electron chi connectivity index (χ1n) is 7.13. The van der Waals surface area contributed by atoms with Crippen molar-refractivity contribution in [2.75, 3.05) is 17.2 Å². The van der Waals surface area contributed by atoms with Crippen LogP contribution in [0.1, 0.15) is 26.2 Å². The minimum Gasteiger partial charge on any atom is -0.482 e. The van der Waals surface area contributed by atoms with Crippen LogP contribution in [0, 0.1) is 5.41 Å². The van der Waals surface area contributed by atoms with Gasteiger partial charge in [0.2, 0.25) is 5.91 Å². The summed E-state index contributed by atoms with van der Waals surface area (Å²) >= 11 is 0. The number of rotatable bonds is 2. The molecule has 2 aliphatic rings. The lowest BCUT2D eigenvalue weighted by atomic mass is 9.84. The van der Waals surface area contributed by atoms with Gasteiger partial charge in [-0.05, 0) is 38.0 Å². The second kappa shape index (κ2) is 5.04. The second-order valence-corrected chi connectivity index (χ2v) is 5.92. The van der Waals surface area contributed by atoms with Gasteiger partial charge in [0.1, 0.15) is 5.75 Å². The van der Waals surface area contributed by atoms with Crippen molar-refractivity contribution in [1.29, 1.82) is 0 Å². The molecule has 2 unspecified atom stereocenters. The second-order valence-electron chi connectivity index (χ2n) is 5.92. The fourth-order valence-electron chi connectivity index (χ4n) is 2.91. The van der Waals surface area contributed by atoms with Crippen LogP contribution < -0.4 is 21.1 Å². The third kappa shape index (κ3) is 2.47. The summed E-state index contributed by atoms with van der Waals surface area (Å²) in [7, 11) is 0. The van der Waals surface area contributed by atoms with Crippen molar-refractivity contribution in [1.82, 2.24) is 0 Å². The van der Waals surface area contributed by atoms with Gasteiger partial charge in [-0.15, -0.1) is 0 Å². The van der Waals surface area contributed by atoms with Crippen LogP contribution in [0.3, 0.4) is 0 Å². The smallest absolute Gasteiger partial charge is 0.262 e. The standard InChI is InChI=1S/C15H19N3O3/c1-15(6-2-3-12(15)16)14(20)17-9-4-5-11-10(7-9)18-13(19)8-21-11/h4-5,7,12H,2-3,6,8,16H2,1H3,(H,17,20)(H,18,19). The predicted molar refractivity (Wildman–Crippen MR) is 79.1 cm³/mol. The summed E-state index contributed by atoms with van der Waals surface area (Å²) in [6, 6.07) is 5.09. The molecule has 0 radical (unpaired) electrons. The molecular formula is C15H19N3O3. The van der Waals surface area contributed by atoms with E-state index in [0.29, 0.717) is 17.1 Å². The quantitative estimate of drug-likeness (QED) is 0.768. The highest BCUT2D eigenvalue weighted by Gasteiger charge is 2.42. The van der Waals surface area contributed by atoms with Crippen LogP contribution in [0.15, 0.2) is 18.2 Å². The zero-order valence-corrected chi connectivity index (χ0v) is 11.9. The highest BCUT2D eigenvalue weighted by molar-refractivity contribution is 5.99. The lowest BCUT2D eigenvalue weighted by molar-refractivity contribution is -0.125. The van der Waals surface area contributed by atoms with Gasteiger partial charge in [-0.1, -0.05) is 6.42 Å². The third-order valence-electron chi connectivity index (χ3n) is 4.42. The summed E-state index contributed by atoms with van der Waals surface area (Å²) in [6.45, 7) is 1.93. The topological polar surface area (TPSA) is 93.5 Å². The van der Waals surface area contributed by atoms with Gasteiger partial charge in [0.15, 0.2) is 6.61 Å². The third-order valence-corrected chi connectivity index (χ3v) is 4.42. The van der Waals surface area contributed by atoms with E-state index in [4.69, 9.17) is 10.5 Å². The Morgan fingerprint density at radius 2 is 2.33 bits per heavy atom. The van der Waals surface area contributed by atoms with E-state index in [0.717, 1.165) is 19.3 Å². The highest BCUT2D eigenvalue weighted by Crippen LogP contribution is 2.38. The Labute approximate surface area is 123 Å². The first-order chi connectivity index (χ1) is 9.99. The van der Waals surface area contributed by atoms with Crippen molar-refractivity contribution in [3.05, 3.63) is 18.2 Å². The molecule has 21 heavy (non-hydrogen) atoms. The molecule has 0 bridgehead atoms. The number of hydrogen-bond acceptors (Lipinski definition) is 4. The van der Waals surface area contributed by atoms with Gasteiger partial charge in [-0.2, -0.15) is 0 Å². The summed E-state index contributed by atoms with van der Waals surface area (Å²) < 4.78 is 5.29. The summed E-state index contributed by atoms with van der Waals surface area (Å²) in [6.07, 6.45) is 2.64. The summed E-state index contributed by atoms with van der Waals surface area (Å²) in [5.41, 5.74) is 6.73. The molecule has 1 aliphatic carbocycles. The SMILES string of the molecule is CC1(C(=O)Nc2ccc3c(c2)NC(=O)CO3)CCCC1N. The molecular weight excluding hydrogens is 270 g/mol. The number of ether oxygens (including phenoxy) is 1. The lowest BCUT2D eigenvalue weighted by Gasteiger charge is -2.28. The number of amides is 2. The van der Waals surface area contributed by atoms with E-state index in [9.17, 15) is 9.59 Å². The molecule has 1 fully saturated rings. The normalized spacial score (nSPS) is 27.5. The number of anilines is 2. The molecule has 1 aromatic carbocycles. The lowest BCUT2D eigenvalue weighted by Crippen LogP contribution is -2.44. The fraction of sp³-hybridized carbons (Fsp3) is 0.467. The average molecular weight is 289 g/mol. The van der Waals surface area contributed by atoms with Gasteiger partial charge in [0, 0.05) is 11.7 Å². The zero-order valence-electron chi connectivity index (χ0n) is 11.9. The van der Waals surface area contributed by atoms with Crippen molar-refractivity contribution in [3.63, 3.8) is 0 Å². The number of nitrogens with one attached hydrogen (secondary N) is 2. The van der Waals surface area contributed by atoms with Gasteiger partial charge in [0.25, 0.3) is 5.91 Å². The van der Waals surface area contributed by atoms with Crippen LogP contribution in [-0.4, -0.2) is 24.5 Å². The van der Waals surface area contributed by atoms with Crippen molar-refractivity contribution in [3.8, 4) is 5.75 Å². The van der Waals surface area contributed by atoms with Crippen molar-refractivity contribution in [2.45, 2.75) is 32.2 Å². The molecule has 4 N–H and O–H groups in total. The van der Waals surface area contributed by atoms with Crippen LogP contribution in [-0.2, 0) is 9.59 Å². The molecule has 6 nitrogen and oxygen atoms in total. The van der Waals surface area contributed by atoms with E-state index in [1.54, 1.807) is 18.2 Å². The number of carbonyl (C=O) groups excluding carboxylic acids is 2. The highest BCUT2D eigenvalue weighted by atomic mass is 16.5. The maximum atomic E-state index is 12.5. The molecule has 2 amide bonds. The predicted octanol–water partition coefficient (Wildman–Crippen LogP) is 1.47. The van der Waals surface area contributed by atoms with Crippen LogP contribution in [0.4, 0.5) is 11.4 Å². The molecule has 1 aliphatic heterocycles. The molecule has 1 heterocycles. The van der Waals surface area contributed by atoms with Crippen LogP contribution >= 0.6 is 0 Å². The minimum absolute atomic E-state index is 0.0195. The summed E-state index contributed by atoms with van der Waals surface area (Å²) in [4.78, 5) is 23.8. The first kappa shape index (κ1) is 13.9. The van der Waals surface area contributed by atoms with E-state index in [2.05, 4.69) is 10.6 Å². The van der Waals surface area contributed by atoms with Gasteiger partial charge in [-0.25, -0.2) is 0 Å². The van der Waals surface area contributed by atoms with Crippen molar-refractivity contribution in [2.24, 2.45) is 11.1 Å². The first-order valence-corrected chi connectivity index (χ1v) is 7.13. The largest absolute Gasteiger partial charge is 0.482 e. The van der Waals surface area contributed by atoms with E-state index in [1.165, 1.54) is 0 Å². The number of benzene rings is 1. The Bertz CT molecular complexity index is 602. The molecule has 2 atom stereocenters. The van der Waals surface area contributed by atoms with Crippen molar-refractivity contribution >= 4 is 23.2 Å². The zero-order chi connectivity index (χ0) is 15.0. The van der Waals surface area contributed by atoms with Crippen LogP contribution in [0.25, 0.3) is 0 Å². The number of fused-ring (bicyclic) bond motifs is 1. The number of nitrogens with two attached hydrogens (primary N) is 1. The van der Waals surface area contributed by atoms with E-state index >= 15 is 0 Å². The Morgan fingerprint density at radius 3 is 3.05 bits per heavy atom. The molecule has 0 aromatic heterocycles. The van der Waals surface area contributed by atoms with E-state index in [-0.39, 0.29) is 24.5 Å². The maximum absolute atomic E-state index is 12.5. The van der Waals surface area contributed by atoms with Crippen LogP contribution in [0.5, 0.6) is 5.75 Å². The van der Waals surface area contributed by atoms with Gasteiger partial charge in [0.05, 0.1) is 11.1 Å². The Hall–Kier alpha value is -2.08. The molecule has 6 heteroatoms. The Balaban J connectivity index is 1.78. The minimum atomic E-state index is -0.532. The molecule has 0 saturated heterocycles. The molecule has 1 saturated carbocycles. The number of hydrogen-bond donors (Lipinski definition) is 3. The Morgan fingerprint density at radius 1 is 1.52 bits per heavy atom. The Kier molecular flexibility index (Phi) is 3.33. The van der Waals surface area contributed by atoms with Crippen LogP contribution in [0.2, 0.25) is 0 Å². The maximum Gasteiger partial charge on any atom is 0.262 e. The number of carbonyl (C=O) groups is 2. The summed E-state index contributed by atoms with van der Waals surface area (Å²) in [5.74, 6) is 0.336. The van der Waals surface area contributed by atoms with Gasteiger partial charge >= 0.3 is 0 Å². The molecule has 0 spiro atoms.